The lowest BCUT2D eigenvalue weighted by atomic mass is 10.0. The molecule has 3 nitrogen and oxygen atoms in total. The van der Waals surface area contributed by atoms with E-state index in [1.165, 1.54) is 11.3 Å². The number of likely N-dealkylation sites (tertiary alicyclic amines) is 1. The van der Waals surface area contributed by atoms with E-state index in [4.69, 9.17) is 9.47 Å². The van der Waals surface area contributed by atoms with Crippen LogP contribution in [0, 0.1) is 0 Å². The molecular formula is C12H17NO2S. The standard InChI is InChI=1S/C12H17NO2S/c1-3-11(16-8-1)9-13-5-2-4-12(10-13)14-6-7-15-12/h1,3,8H,2,4-7,9-10H2. The van der Waals surface area contributed by atoms with Crippen LogP contribution in [-0.4, -0.2) is 37.0 Å². The maximum atomic E-state index is 5.77. The zero-order valence-corrected chi connectivity index (χ0v) is 10.2. The Morgan fingerprint density at radius 1 is 1.38 bits per heavy atom. The smallest absolute Gasteiger partial charge is 0.181 e. The summed E-state index contributed by atoms with van der Waals surface area (Å²) in [6, 6.07) is 4.31. The van der Waals surface area contributed by atoms with Gasteiger partial charge in [0.05, 0.1) is 19.8 Å². The second kappa shape index (κ2) is 4.45. The number of hydrogen-bond acceptors (Lipinski definition) is 4. The summed E-state index contributed by atoms with van der Waals surface area (Å²) in [5.41, 5.74) is 0. The quantitative estimate of drug-likeness (QED) is 0.789. The van der Waals surface area contributed by atoms with Crippen molar-refractivity contribution in [1.82, 2.24) is 4.90 Å². The first kappa shape index (κ1) is 10.7. The Morgan fingerprint density at radius 3 is 3.00 bits per heavy atom. The SMILES string of the molecule is c1csc(CN2CCCC3(C2)OCCO3)c1. The highest BCUT2D eigenvalue weighted by molar-refractivity contribution is 7.09. The molecule has 3 heterocycles. The minimum absolute atomic E-state index is 0.282. The Hall–Kier alpha value is -0.420. The Labute approximate surface area is 100.0 Å². The fraction of sp³-hybridized carbons (Fsp3) is 0.667. The van der Waals surface area contributed by atoms with Gasteiger partial charge in [-0.3, -0.25) is 4.90 Å². The average molecular weight is 239 g/mol. The molecule has 2 saturated heterocycles. The van der Waals surface area contributed by atoms with E-state index in [0.29, 0.717) is 0 Å². The monoisotopic (exact) mass is 239 g/mol. The van der Waals surface area contributed by atoms with Crippen LogP contribution in [0.25, 0.3) is 0 Å². The Bertz CT molecular complexity index is 333. The number of thiophene rings is 1. The molecule has 4 heteroatoms. The van der Waals surface area contributed by atoms with Crippen LogP contribution in [0.1, 0.15) is 17.7 Å². The van der Waals surface area contributed by atoms with E-state index >= 15 is 0 Å². The molecule has 2 fully saturated rings. The lowest BCUT2D eigenvalue weighted by molar-refractivity contribution is -0.190. The maximum Gasteiger partial charge on any atom is 0.181 e. The van der Waals surface area contributed by atoms with Gasteiger partial charge in [0.25, 0.3) is 0 Å². The number of rotatable bonds is 2. The van der Waals surface area contributed by atoms with Crippen LogP contribution in [0.15, 0.2) is 17.5 Å². The summed E-state index contributed by atoms with van der Waals surface area (Å²) in [5.74, 6) is -0.282. The third kappa shape index (κ3) is 2.15. The van der Waals surface area contributed by atoms with Gasteiger partial charge in [0.1, 0.15) is 0 Å². The normalized spacial score (nSPS) is 25.2. The van der Waals surface area contributed by atoms with Crippen molar-refractivity contribution in [3.05, 3.63) is 22.4 Å². The lowest BCUT2D eigenvalue weighted by Gasteiger charge is -2.38. The van der Waals surface area contributed by atoms with Crippen LogP contribution in [0.3, 0.4) is 0 Å². The minimum Gasteiger partial charge on any atom is -0.346 e. The van der Waals surface area contributed by atoms with Gasteiger partial charge in [-0.1, -0.05) is 6.07 Å². The minimum atomic E-state index is -0.282. The fourth-order valence-corrected chi connectivity index (χ4v) is 3.31. The number of hydrogen-bond donors (Lipinski definition) is 0. The van der Waals surface area contributed by atoms with E-state index < -0.39 is 0 Å². The molecule has 0 aliphatic carbocycles. The van der Waals surface area contributed by atoms with E-state index in [0.717, 1.165) is 39.3 Å². The molecule has 0 saturated carbocycles. The second-order valence-corrected chi connectivity index (χ2v) is 5.53. The molecule has 0 N–H and O–H groups in total. The van der Waals surface area contributed by atoms with Gasteiger partial charge in [-0.25, -0.2) is 0 Å². The van der Waals surface area contributed by atoms with Crippen molar-refractivity contribution < 1.29 is 9.47 Å². The van der Waals surface area contributed by atoms with Gasteiger partial charge in [-0.05, 0) is 24.4 Å². The number of nitrogens with zero attached hydrogens (tertiary/aromatic N) is 1. The number of piperidine rings is 1. The molecule has 1 aromatic rings. The summed E-state index contributed by atoms with van der Waals surface area (Å²) >= 11 is 1.82. The topological polar surface area (TPSA) is 21.7 Å². The highest BCUT2D eigenvalue weighted by Gasteiger charge is 2.40. The molecular weight excluding hydrogens is 222 g/mol. The van der Waals surface area contributed by atoms with Crippen LogP contribution in [0.5, 0.6) is 0 Å². The summed E-state index contributed by atoms with van der Waals surface area (Å²) in [7, 11) is 0. The molecule has 0 radical (unpaired) electrons. The van der Waals surface area contributed by atoms with Crippen molar-refractivity contribution in [2.45, 2.75) is 25.2 Å². The van der Waals surface area contributed by atoms with Gasteiger partial charge in [0.15, 0.2) is 5.79 Å². The Balaban J connectivity index is 1.63. The Kier molecular flexibility index (Phi) is 2.98. The third-order valence-electron chi connectivity index (χ3n) is 3.27. The van der Waals surface area contributed by atoms with Crippen molar-refractivity contribution in [3.8, 4) is 0 Å². The molecule has 16 heavy (non-hydrogen) atoms. The summed E-state index contributed by atoms with van der Waals surface area (Å²) in [4.78, 5) is 3.87. The van der Waals surface area contributed by atoms with Gasteiger partial charge < -0.3 is 9.47 Å². The first-order chi connectivity index (χ1) is 7.86. The van der Waals surface area contributed by atoms with E-state index in [-0.39, 0.29) is 5.79 Å². The van der Waals surface area contributed by atoms with E-state index in [1.807, 2.05) is 11.3 Å². The molecule has 0 aromatic carbocycles. The molecule has 2 aliphatic heterocycles. The van der Waals surface area contributed by atoms with Crippen molar-refractivity contribution in [2.75, 3.05) is 26.3 Å². The van der Waals surface area contributed by atoms with Gasteiger partial charge in [0.2, 0.25) is 0 Å². The highest BCUT2D eigenvalue weighted by Crippen LogP contribution is 2.30. The van der Waals surface area contributed by atoms with Crippen molar-refractivity contribution in [2.24, 2.45) is 0 Å². The molecule has 0 bridgehead atoms. The molecule has 0 amide bonds. The molecule has 0 unspecified atom stereocenters. The molecule has 3 rings (SSSR count). The first-order valence-corrected chi connectivity index (χ1v) is 6.77. The molecule has 1 aromatic heterocycles. The van der Waals surface area contributed by atoms with E-state index in [2.05, 4.69) is 22.4 Å². The third-order valence-corrected chi connectivity index (χ3v) is 4.13. The summed E-state index contributed by atoms with van der Waals surface area (Å²) in [6.45, 7) is 4.63. The molecule has 88 valence electrons. The average Bonchev–Trinajstić information content (AvgIpc) is 2.91. The van der Waals surface area contributed by atoms with Crippen LogP contribution in [-0.2, 0) is 16.0 Å². The predicted molar refractivity (Wildman–Crippen MR) is 63.5 cm³/mol. The van der Waals surface area contributed by atoms with Crippen molar-refractivity contribution in [1.29, 1.82) is 0 Å². The van der Waals surface area contributed by atoms with Crippen LogP contribution in [0.2, 0.25) is 0 Å². The van der Waals surface area contributed by atoms with Crippen molar-refractivity contribution >= 4 is 11.3 Å². The predicted octanol–water partition coefficient (Wildman–Crippen LogP) is 2.09. The van der Waals surface area contributed by atoms with Crippen LogP contribution in [0.4, 0.5) is 0 Å². The maximum absolute atomic E-state index is 5.77. The van der Waals surface area contributed by atoms with Crippen LogP contribution < -0.4 is 0 Å². The van der Waals surface area contributed by atoms with Gasteiger partial charge >= 0.3 is 0 Å². The second-order valence-electron chi connectivity index (χ2n) is 4.50. The zero-order valence-electron chi connectivity index (χ0n) is 9.35. The van der Waals surface area contributed by atoms with E-state index in [9.17, 15) is 0 Å². The largest absolute Gasteiger partial charge is 0.346 e. The van der Waals surface area contributed by atoms with Crippen molar-refractivity contribution in [3.63, 3.8) is 0 Å². The molecule has 1 spiro atoms. The van der Waals surface area contributed by atoms with E-state index in [1.54, 1.807) is 0 Å². The number of ether oxygens (including phenoxy) is 2. The zero-order chi connectivity index (χ0) is 10.8. The fourth-order valence-electron chi connectivity index (χ4n) is 2.56. The van der Waals surface area contributed by atoms with Gasteiger partial charge in [0, 0.05) is 17.8 Å². The summed E-state index contributed by atoms with van der Waals surface area (Å²) in [6.07, 6.45) is 2.22. The summed E-state index contributed by atoms with van der Waals surface area (Å²) < 4.78 is 11.5. The van der Waals surface area contributed by atoms with Crippen LogP contribution >= 0.6 is 11.3 Å². The first-order valence-electron chi connectivity index (χ1n) is 5.89. The molecule has 2 aliphatic rings. The van der Waals surface area contributed by atoms with Gasteiger partial charge in [-0.2, -0.15) is 0 Å². The van der Waals surface area contributed by atoms with Gasteiger partial charge in [-0.15, -0.1) is 11.3 Å². The lowest BCUT2D eigenvalue weighted by Crippen LogP contribution is -2.48. The molecule has 0 atom stereocenters. The Morgan fingerprint density at radius 2 is 2.25 bits per heavy atom. The highest BCUT2D eigenvalue weighted by atomic mass is 32.1. The summed E-state index contributed by atoms with van der Waals surface area (Å²) in [5, 5.41) is 2.14.